The monoisotopic (exact) mass is 242 g/mol. The average Bonchev–Trinajstić information content (AvgIpc) is 2.44. The van der Waals surface area contributed by atoms with Crippen LogP contribution in [0.4, 0.5) is 5.13 Å². The first-order chi connectivity index (χ1) is 7.24. The van der Waals surface area contributed by atoms with Crippen LogP contribution in [0.2, 0.25) is 0 Å². The second-order valence-electron chi connectivity index (χ2n) is 3.91. The van der Waals surface area contributed by atoms with E-state index in [1.54, 1.807) is 6.92 Å². The molecule has 0 aliphatic carbocycles. The van der Waals surface area contributed by atoms with E-state index >= 15 is 0 Å². The topological polar surface area (TPSA) is 111 Å². The van der Waals surface area contributed by atoms with E-state index in [9.17, 15) is 9.59 Å². The number of carbonyl (C=O) groups is 2. The van der Waals surface area contributed by atoms with Crippen LogP contribution in [-0.2, 0) is 4.79 Å². The van der Waals surface area contributed by atoms with Gasteiger partial charge in [-0.3, -0.25) is 9.59 Å². The molecule has 0 spiro atoms. The molecule has 0 fully saturated rings. The van der Waals surface area contributed by atoms with Crippen LogP contribution in [0, 0.1) is 6.92 Å². The number of nitrogens with two attached hydrogens (primary N) is 2. The molecule has 7 heteroatoms. The molecule has 1 rings (SSSR count). The number of nitrogens with one attached hydrogen (secondary N) is 1. The van der Waals surface area contributed by atoms with Crippen molar-refractivity contribution < 1.29 is 9.59 Å². The number of hydrogen-bond acceptors (Lipinski definition) is 5. The minimum atomic E-state index is -1.09. The molecular weight excluding hydrogens is 228 g/mol. The molecule has 0 bridgehead atoms. The Morgan fingerprint density at radius 2 is 2.00 bits per heavy atom. The fraction of sp³-hybridized carbons (Fsp3) is 0.444. The van der Waals surface area contributed by atoms with Gasteiger partial charge in [-0.25, -0.2) is 4.98 Å². The van der Waals surface area contributed by atoms with Gasteiger partial charge in [0, 0.05) is 0 Å². The molecule has 1 aromatic rings. The lowest BCUT2D eigenvalue weighted by Gasteiger charge is -2.21. The van der Waals surface area contributed by atoms with Crippen molar-refractivity contribution in [2.45, 2.75) is 26.3 Å². The van der Waals surface area contributed by atoms with Crippen LogP contribution in [-0.4, -0.2) is 22.3 Å². The molecule has 0 aliphatic heterocycles. The van der Waals surface area contributed by atoms with Crippen molar-refractivity contribution in [3.05, 3.63) is 10.6 Å². The van der Waals surface area contributed by atoms with E-state index in [1.165, 1.54) is 13.8 Å². The van der Waals surface area contributed by atoms with E-state index in [1.807, 2.05) is 0 Å². The summed E-state index contributed by atoms with van der Waals surface area (Å²) in [4.78, 5) is 27.2. The van der Waals surface area contributed by atoms with Gasteiger partial charge in [0.15, 0.2) is 5.13 Å². The predicted molar refractivity (Wildman–Crippen MR) is 62.0 cm³/mol. The first-order valence-corrected chi connectivity index (χ1v) is 5.41. The molecule has 0 saturated carbocycles. The molecule has 0 unspecified atom stereocenters. The molecule has 88 valence electrons. The highest BCUT2D eigenvalue weighted by molar-refractivity contribution is 7.17. The van der Waals surface area contributed by atoms with Gasteiger partial charge in [0.1, 0.15) is 10.4 Å². The van der Waals surface area contributed by atoms with Gasteiger partial charge in [-0.1, -0.05) is 11.3 Å². The Morgan fingerprint density at radius 1 is 1.44 bits per heavy atom. The van der Waals surface area contributed by atoms with E-state index in [4.69, 9.17) is 11.5 Å². The van der Waals surface area contributed by atoms with Crippen molar-refractivity contribution >= 4 is 28.3 Å². The van der Waals surface area contributed by atoms with Crippen molar-refractivity contribution in [1.29, 1.82) is 0 Å². The normalized spacial score (nSPS) is 11.2. The number of rotatable bonds is 3. The number of nitrogens with zero attached hydrogens (tertiary/aromatic N) is 1. The maximum Gasteiger partial charge on any atom is 0.264 e. The summed E-state index contributed by atoms with van der Waals surface area (Å²) < 4.78 is 0. The first-order valence-electron chi connectivity index (χ1n) is 4.59. The van der Waals surface area contributed by atoms with Gasteiger partial charge in [-0.05, 0) is 20.8 Å². The second-order valence-corrected chi connectivity index (χ2v) is 4.94. The molecule has 2 amide bonds. The Kier molecular flexibility index (Phi) is 3.18. The van der Waals surface area contributed by atoms with Crippen molar-refractivity contribution in [1.82, 2.24) is 10.3 Å². The maximum atomic E-state index is 11.8. The number of aryl methyl sites for hydroxylation is 1. The van der Waals surface area contributed by atoms with Gasteiger partial charge in [0.05, 0.1) is 5.69 Å². The lowest BCUT2D eigenvalue weighted by molar-refractivity contribution is -0.122. The van der Waals surface area contributed by atoms with E-state index in [-0.39, 0.29) is 0 Å². The van der Waals surface area contributed by atoms with Crippen LogP contribution in [0.1, 0.15) is 29.2 Å². The van der Waals surface area contributed by atoms with Gasteiger partial charge >= 0.3 is 0 Å². The standard InChI is InChI=1S/C9H14N4O2S/c1-4-5(16-8(11)12-4)6(14)13-9(2,3)7(10)15/h1-3H3,(H2,10,15)(H2,11,12)(H,13,14). The Morgan fingerprint density at radius 3 is 2.38 bits per heavy atom. The lowest BCUT2D eigenvalue weighted by atomic mass is 10.1. The van der Waals surface area contributed by atoms with Gasteiger partial charge in [-0.2, -0.15) is 0 Å². The molecule has 5 N–H and O–H groups in total. The quantitative estimate of drug-likeness (QED) is 0.694. The number of anilines is 1. The molecule has 0 atom stereocenters. The van der Waals surface area contributed by atoms with Crippen molar-refractivity contribution in [3.8, 4) is 0 Å². The van der Waals surface area contributed by atoms with Gasteiger partial charge in [0.25, 0.3) is 5.91 Å². The molecule has 0 saturated heterocycles. The van der Waals surface area contributed by atoms with Crippen LogP contribution >= 0.6 is 11.3 Å². The predicted octanol–water partition coefficient (Wildman–Crippen LogP) is 0.0274. The van der Waals surface area contributed by atoms with E-state index in [2.05, 4.69) is 10.3 Å². The van der Waals surface area contributed by atoms with E-state index in [0.29, 0.717) is 15.7 Å². The van der Waals surface area contributed by atoms with Crippen LogP contribution in [0.5, 0.6) is 0 Å². The second kappa shape index (κ2) is 4.09. The summed E-state index contributed by atoms with van der Waals surface area (Å²) in [6.45, 7) is 4.75. The molecule has 16 heavy (non-hydrogen) atoms. The third-order valence-electron chi connectivity index (χ3n) is 2.06. The average molecular weight is 242 g/mol. The molecule has 6 nitrogen and oxygen atoms in total. The number of amides is 2. The van der Waals surface area contributed by atoms with Gasteiger partial charge < -0.3 is 16.8 Å². The lowest BCUT2D eigenvalue weighted by Crippen LogP contribution is -2.52. The SMILES string of the molecule is Cc1nc(N)sc1C(=O)NC(C)(C)C(N)=O. The minimum Gasteiger partial charge on any atom is -0.375 e. The Labute approximate surface area is 97.0 Å². The Balaban J connectivity index is 2.89. The summed E-state index contributed by atoms with van der Waals surface area (Å²) in [5.74, 6) is -0.994. The van der Waals surface area contributed by atoms with Crippen LogP contribution < -0.4 is 16.8 Å². The Bertz CT molecular complexity index is 439. The fourth-order valence-corrected chi connectivity index (χ4v) is 1.76. The minimum absolute atomic E-state index is 0.319. The number of carbonyl (C=O) groups excluding carboxylic acids is 2. The van der Waals surface area contributed by atoms with E-state index < -0.39 is 17.4 Å². The smallest absolute Gasteiger partial charge is 0.264 e. The summed E-state index contributed by atoms with van der Waals surface area (Å²) in [6, 6.07) is 0. The van der Waals surface area contributed by atoms with Crippen LogP contribution in [0.15, 0.2) is 0 Å². The summed E-state index contributed by atoms with van der Waals surface area (Å²) in [7, 11) is 0. The van der Waals surface area contributed by atoms with Crippen molar-refractivity contribution in [2.24, 2.45) is 5.73 Å². The summed E-state index contributed by atoms with van der Waals surface area (Å²) in [5, 5.41) is 2.85. The highest BCUT2D eigenvalue weighted by atomic mass is 32.1. The third-order valence-corrected chi connectivity index (χ3v) is 3.05. The van der Waals surface area contributed by atoms with E-state index in [0.717, 1.165) is 11.3 Å². The van der Waals surface area contributed by atoms with Gasteiger partial charge in [-0.15, -0.1) is 0 Å². The summed E-state index contributed by atoms with van der Waals surface area (Å²) in [6.07, 6.45) is 0. The molecule has 0 radical (unpaired) electrons. The summed E-state index contributed by atoms with van der Waals surface area (Å²) >= 11 is 1.08. The number of thiazole rings is 1. The molecule has 1 aromatic heterocycles. The zero-order valence-corrected chi connectivity index (χ0v) is 10.1. The molecular formula is C9H14N4O2S. The molecule has 0 aliphatic rings. The highest BCUT2D eigenvalue weighted by Gasteiger charge is 2.28. The van der Waals surface area contributed by atoms with Crippen molar-refractivity contribution in [3.63, 3.8) is 0 Å². The molecule has 1 heterocycles. The van der Waals surface area contributed by atoms with Crippen LogP contribution in [0.3, 0.4) is 0 Å². The number of aromatic nitrogens is 1. The fourth-order valence-electron chi connectivity index (χ4n) is 1.03. The zero-order valence-electron chi connectivity index (χ0n) is 9.33. The van der Waals surface area contributed by atoms with Gasteiger partial charge in [0.2, 0.25) is 5.91 Å². The zero-order chi connectivity index (χ0) is 12.5. The first kappa shape index (κ1) is 12.4. The largest absolute Gasteiger partial charge is 0.375 e. The number of nitrogen functional groups attached to an aromatic ring is 1. The highest BCUT2D eigenvalue weighted by Crippen LogP contribution is 2.20. The number of primary amides is 1. The maximum absolute atomic E-state index is 11.8. The van der Waals surface area contributed by atoms with Crippen molar-refractivity contribution in [2.75, 3.05) is 5.73 Å². The Hall–Kier alpha value is -1.63. The number of hydrogen-bond donors (Lipinski definition) is 3. The summed E-state index contributed by atoms with van der Waals surface area (Å²) in [5.41, 5.74) is 10.1. The molecule has 0 aromatic carbocycles. The van der Waals surface area contributed by atoms with Crippen LogP contribution in [0.25, 0.3) is 0 Å². The third kappa shape index (κ3) is 2.48.